The zero-order valence-corrected chi connectivity index (χ0v) is 18.1. The number of halogens is 2. The maximum absolute atomic E-state index is 6.11. The highest BCUT2D eigenvalue weighted by molar-refractivity contribution is 9.10. The minimum atomic E-state index is -0.141. The Morgan fingerprint density at radius 3 is 2.59 bits per heavy atom. The fraction of sp³-hybridized carbons (Fsp3) is 0.381. The van der Waals surface area contributed by atoms with Crippen LogP contribution in [0.1, 0.15) is 32.3 Å². The molecule has 0 bridgehead atoms. The molecule has 2 aromatic carbocycles. The average Bonchev–Trinajstić information content (AvgIpc) is 2.69. The van der Waals surface area contributed by atoms with Gasteiger partial charge in [-0.25, -0.2) is 0 Å². The molecule has 0 aliphatic carbocycles. The monoisotopic (exact) mass is 448 g/mol. The summed E-state index contributed by atoms with van der Waals surface area (Å²) in [6.45, 7) is 6.57. The van der Waals surface area contributed by atoms with Crippen LogP contribution in [0.25, 0.3) is 0 Å². The number of amidine groups is 1. The standard InChI is InChI=1S/C19H20BrClN4.C2H6/c20-15-5-2-6-16-17(15)24-18(19(25-16)7-9-22-10-8-19)23-12-13-3-1-4-14(21)11-13;1-2/h1-6,11,22,25H,7-10,12H2,(H,23,24);1-2H3. The largest absolute Gasteiger partial charge is 0.371 e. The fourth-order valence-electron chi connectivity index (χ4n) is 3.52. The third-order valence-corrected chi connectivity index (χ3v) is 5.75. The molecule has 3 N–H and O–H groups in total. The first-order valence-electron chi connectivity index (χ1n) is 9.50. The van der Waals surface area contributed by atoms with Gasteiger partial charge in [0, 0.05) is 9.50 Å². The molecule has 0 atom stereocenters. The van der Waals surface area contributed by atoms with Crippen molar-refractivity contribution in [2.45, 2.75) is 38.8 Å². The van der Waals surface area contributed by atoms with Gasteiger partial charge in [0.1, 0.15) is 5.84 Å². The fourth-order valence-corrected chi connectivity index (χ4v) is 4.20. The number of rotatable bonds is 2. The summed E-state index contributed by atoms with van der Waals surface area (Å²) in [6, 6.07) is 14.1. The predicted octanol–water partition coefficient (Wildman–Crippen LogP) is 5.69. The van der Waals surface area contributed by atoms with Gasteiger partial charge in [0.05, 0.1) is 23.5 Å². The summed E-state index contributed by atoms with van der Waals surface area (Å²) in [5.41, 5.74) is 3.15. The van der Waals surface area contributed by atoms with Crippen LogP contribution in [-0.2, 0) is 6.54 Å². The Hall–Kier alpha value is -1.56. The van der Waals surface area contributed by atoms with E-state index in [-0.39, 0.29) is 5.54 Å². The van der Waals surface area contributed by atoms with Gasteiger partial charge in [0.2, 0.25) is 0 Å². The van der Waals surface area contributed by atoms with Crippen LogP contribution < -0.4 is 16.0 Å². The Labute approximate surface area is 174 Å². The SMILES string of the molecule is CC.Clc1cccc(CN=C2Nc3c(Br)cccc3NC23CCNCC3)c1. The number of aliphatic imine (C=N–C) groups is 1. The molecule has 1 fully saturated rings. The topological polar surface area (TPSA) is 48.5 Å². The van der Waals surface area contributed by atoms with E-state index in [1.807, 2.05) is 38.1 Å². The van der Waals surface area contributed by atoms with Crippen LogP contribution in [0.2, 0.25) is 5.02 Å². The van der Waals surface area contributed by atoms with Crippen molar-refractivity contribution in [1.29, 1.82) is 0 Å². The van der Waals surface area contributed by atoms with E-state index < -0.39 is 0 Å². The summed E-state index contributed by atoms with van der Waals surface area (Å²) in [6.07, 6.45) is 2.00. The molecule has 0 saturated carbocycles. The Balaban J connectivity index is 0.00000102. The first-order valence-corrected chi connectivity index (χ1v) is 10.7. The van der Waals surface area contributed by atoms with Crippen molar-refractivity contribution >= 4 is 44.7 Å². The molecule has 2 aliphatic heterocycles. The molecule has 2 aliphatic rings. The van der Waals surface area contributed by atoms with Gasteiger partial charge in [-0.3, -0.25) is 4.99 Å². The predicted molar refractivity (Wildman–Crippen MR) is 120 cm³/mol. The van der Waals surface area contributed by atoms with Gasteiger partial charge in [0.15, 0.2) is 0 Å². The number of benzene rings is 2. The maximum Gasteiger partial charge on any atom is 0.127 e. The van der Waals surface area contributed by atoms with Crippen LogP contribution in [0.3, 0.4) is 0 Å². The molecule has 0 amide bonds. The summed E-state index contributed by atoms with van der Waals surface area (Å²) < 4.78 is 1.04. The molecular formula is C21H26BrClN4. The quantitative estimate of drug-likeness (QED) is 0.552. The third kappa shape index (κ3) is 4.48. The molecule has 1 spiro atoms. The summed E-state index contributed by atoms with van der Waals surface area (Å²) in [4.78, 5) is 4.95. The van der Waals surface area contributed by atoms with Gasteiger partial charge in [-0.2, -0.15) is 0 Å². The lowest BCUT2D eigenvalue weighted by Crippen LogP contribution is -2.57. The molecule has 2 aromatic rings. The van der Waals surface area contributed by atoms with Crippen LogP contribution in [-0.4, -0.2) is 24.5 Å². The lowest BCUT2D eigenvalue weighted by atomic mass is 9.84. The second kappa shape index (κ2) is 9.09. The zero-order chi connectivity index (χ0) is 19.3. The van der Waals surface area contributed by atoms with Crippen molar-refractivity contribution in [2.75, 3.05) is 23.7 Å². The smallest absolute Gasteiger partial charge is 0.127 e. The molecule has 0 radical (unpaired) electrons. The van der Waals surface area contributed by atoms with Gasteiger partial charge in [-0.15, -0.1) is 0 Å². The number of piperidine rings is 1. The van der Waals surface area contributed by atoms with Crippen molar-refractivity contribution in [3.63, 3.8) is 0 Å². The van der Waals surface area contributed by atoms with Crippen molar-refractivity contribution in [3.8, 4) is 0 Å². The summed E-state index contributed by atoms with van der Waals surface area (Å²) in [7, 11) is 0. The van der Waals surface area contributed by atoms with Crippen LogP contribution in [0.15, 0.2) is 51.9 Å². The lowest BCUT2D eigenvalue weighted by Gasteiger charge is -2.44. The van der Waals surface area contributed by atoms with Gasteiger partial charge < -0.3 is 16.0 Å². The summed E-state index contributed by atoms with van der Waals surface area (Å²) in [5.74, 6) is 1.01. The van der Waals surface area contributed by atoms with E-state index >= 15 is 0 Å². The highest BCUT2D eigenvalue weighted by Crippen LogP contribution is 2.39. The van der Waals surface area contributed by atoms with E-state index in [2.05, 4.69) is 50.1 Å². The minimum Gasteiger partial charge on any atom is -0.371 e. The maximum atomic E-state index is 6.11. The second-order valence-corrected chi connectivity index (χ2v) is 7.83. The molecule has 4 nitrogen and oxygen atoms in total. The van der Waals surface area contributed by atoms with Crippen LogP contribution in [0.4, 0.5) is 11.4 Å². The Morgan fingerprint density at radius 2 is 1.85 bits per heavy atom. The van der Waals surface area contributed by atoms with Gasteiger partial charge in [-0.05, 0) is 71.7 Å². The van der Waals surface area contributed by atoms with Crippen LogP contribution >= 0.6 is 27.5 Å². The lowest BCUT2D eigenvalue weighted by molar-refractivity contribution is 0.419. The van der Waals surface area contributed by atoms with Crippen LogP contribution in [0.5, 0.6) is 0 Å². The number of hydrogen-bond donors (Lipinski definition) is 3. The Morgan fingerprint density at radius 1 is 1.11 bits per heavy atom. The zero-order valence-electron chi connectivity index (χ0n) is 15.8. The number of nitrogens with zero attached hydrogens (tertiary/aromatic N) is 1. The van der Waals surface area contributed by atoms with E-state index in [4.69, 9.17) is 16.6 Å². The highest BCUT2D eigenvalue weighted by Gasteiger charge is 2.41. The Bertz CT molecular complexity index is 816. The summed E-state index contributed by atoms with van der Waals surface area (Å²) >= 11 is 9.75. The molecule has 4 rings (SSSR count). The first-order chi connectivity index (χ1) is 13.2. The van der Waals surface area contributed by atoms with Crippen molar-refractivity contribution < 1.29 is 0 Å². The highest BCUT2D eigenvalue weighted by atomic mass is 79.9. The van der Waals surface area contributed by atoms with E-state index in [1.165, 1.54) is 0 Å². The van der Waals surface area contributed by atoms with Crippen LogP contribution in [0, 0.1) is 0 Å². The number of anilines is 2. The molecule has 144 valence electrons. The normalized spacial score (nSPS) is 18.7. The average molecular weight is 450 g/mol. The van der Waals surface area contributed by atoms with Crippen molar-refractivity contribution in [2.24, 2.45) is 4.99 Å². The molecular weight excluding hydrogens is 424 g/mol. The van der Waals surface area contributed by atoms with E-state index in [0.29, 0.717) is 6.54 Å². The third-order valence-electron chi connectivity index (χ3n) is 4.85. The summed E-state index contributed by atoms with van der Waals surface area (Å²) in [5, 5.41) is 11.5. The van der Waals surface area contributed by atoms with Gasteiger partial charge in [0.25, 0.3) is 0 Å². The number of hydrogen-bond acceptors (Lipinski definition) is 3. The molecule has 0 aromatic heterocycles. The molecule has 1 saturated heterocycles. The van der Waals surface area contributed by atoms with Gasteiger partial charge >= 0.3 is 0 Å². The minimum absolute atomic E-state index is 0.141. The van der Waals surface area contributed by atoms with E-state index in [1.54, 1.807) is 0 Å². The molecule has 0 unspecified atom stereocenters. The first kappa shape index (κ1) is 20.2. The molecule has 2 heterocycles. The van der Waals surface area contributed by atoms with Gasteiger partial charge in [-0.1, -0.05) is 43.6 Å². The van der Waals surface area contributed by atoms with Crippen molar-refractivity contribution in [3.05, 3.63) is 57.5 Å². The Kier molecular flexibility index (Phi) is 6.79. The van der Waals surface area contributed by atoms with E-state index in [0.717, 1.165) is 58.2 Å². The number of para-hydroxylation sites is 1. The molecule has 6 heteroatoms. The number of nitrogens with one attached hydrogen (secondary N) is 3. The van der Waals surface area contributed by atoms with Crippen molar-refractivity contribution in [1.82, 2.24) is 5.32 Å². The number of fused-ring (bicyclic) bond motifs is 1. The van der Waals surface area contributed by atoms with E-state index in [9.17, 15) is 0 Å². The second-order valence-electron chi connectivity index (χ2n) is 6.54. The molecule has 27 heavy (non-hydrogen) atoms.